The normalized spacial score (nSPS) is 19.1. The van der Waals surface area contributed by atoms with Crippen molar-refractivity contribution in [2.45, 2.75) is 38.7 Å². The Balaban J connectivity index is 1.68. The standard InChI is InChI=1S/C24H23N3O4/c1-24(2,3)31-23(30)27-20-9-5-4-8-17(20)19(26-27)13-18-21(28)11-10-16(22(18)29)15-7-6-12-25-14-15/h4-12,14,16,18H,13H2,1-3H3. The molecule has 0 N–H and O–H groups in total. The molecule has 0 spiro atoms. The minimum Gasteiger partial charge on any atom is -0.442 e. The van der Waals surface area contributed by atoms with Gasteiger partial charge < -0.3 is 4.74 Å². The van der Waals surface area contributed by atoms with Gasteiger partial charge in [-0.3, -0.25) is 14.6 Å². The van der Waals surface area contributed by atoms with Crippen LogP contribution in [0.25, 0.3) is 10.9 Å². The average molecular weight is 417 g/mol. The molecule has 1 aromatic carbocycles. The van der Waals surface area contributed by atoms with E-state index in [1.807, 2.05) is 18.2 Å². The molecule has 0 bridgehead atoms. The van der Waals surface area contributed by atoms with Crippen LogP contribution < -0.4 is 0 Å². The summed E-state index contributed by atoms with van der Waals surface area (Å²) >= 11 is 0. The third-order valence-corrected chi connectivity index (χ3v) is 5.12. The molecule has 1 aliphatic carbocycles. The summed E-state index contributed by atoms with van der Waals surface area (Å²) in [6, 6.07) is 10.8. The molecular formula is C24H23N3O4. The minimum absolute atomic E-state index is 0.106. The van der Waals surface area contributed by atoms with Crippen LogP contribution in [-0.4, -0.2) is 38.0 Å². The van der Waals surface area contributed by atoms with E-state index < -0.39 is 23.5 Å². The maximum absolute atomic E-state index is 13.2. The monoisotopic (exact) mass is 417 g/mol. The summed E-state index contributed by atoms with van der Waals surface area (Å²) in [5.41, 5.74) is 1.14. The van der Waals surface area contributed by atoms with Crippen molar-refractivity contribution in [3.05, 3.63) is 72.2 Å². The first-order chi connectivity index (χ1) is 14.7. The first-order valence-corrected chi connectivity index (χ1v) is 10.1. The third kappa shape index (κ3) is 4.17. The molecule has 0 aliphatic heterocycles. The van der Waals surface area contributed by atoms with E-state index >= 15 is 0 Å². The number of ether oxygens (including phenoxy) is 1. The zero-order valence-electron chi connectivity index (χ0n) is 17.6. The number of rotatable bonds is 3. The lowest BCUT2D eigenvalue weighted by Gasteiger charge is -2.22. The van der Waals surface area contributed by atoms with E-state index in [-0.39, 0.29) is 18.0 Å². The summed E-state index contributed by atoms with van der Waals surface area (Å²) in [6.45, 7) is 5.34. The van der Waals surface area contributed by atoms with Crippen LogP contribution in [0.1, 0.15) is 37.9 Å². The molecule has 4 rings (SSSR count). The van der Waals surface area contributed by atoms with Gasteiger partial charge in [-0.2, -0.15) is 9.78 Å². The van der Waals surface area contributed by atoms with Crippen molar-refractivity contribution in [1.82, 2.24) is 14.8 Å². The van der Waals surface area contributed by atoms with Crippen LogP contribution in [0.4, 0.5) is 4.79 Å². The van der Waals surface area contributed by atoms with Gasteiger partial charge in [0.1, 0.15) is 5.60 Å². The van der Waals surface area contributed by atoms with Crippen LogP contribution in [-0.2, 0) is 20.7 Å². The van der Waals surface area contributed by atoms with Crippen molar-refractivity contribution in [1.29, 1.82) is 0 Å². The van der Waals surface area contributed by atoms with Gasteiger partial charge in [0.2, 0.25) is 0 Å². The van der Waals surface area contributed by atoms with Crippen molar-refractivity contribution in [2.24, 2.45) is 5.92 Å². The van der Waals surface area contributed by atoms with Crippen LogP contribution in [0.5, 0.6) is 0 Å². The van der Waals surface area contributed by atoms with Gasteiger partial charge in [-0.1, -0.05) is 30.3 Å². The number of aromatic nitrogens is 3. The maximum Gasteiger partial charge on any atom is 0.435 e. The summed E-state index contributed by atoms with van der Waals surface area (Å²) in [7, 11) is 0. The van der Waals surface area contributed by atoms with E-state index in [2.05, 4.69) is 10.1 Å². The predicted molar refractivity (Wildman–Crippen MR) is 115 cm³/mol. The molecule has 2 atom stereocenters. The SMILES string of the molecule is CC(C)(C)OC(=O)n1nc(CC2C(=O)C=CC(c3cccnc3)C2=O)c2ccccc21. The summed E-state index contributed by atoms with van der Waals surface area (Å²) in [6.07, 6.45) is 5.84. The molecule has 7 heteroatoms. The van der Waals surface area contributed by atoms with Crippen molar-refractivity contribution in [3.8, 4) is 0 Å². The fraction of sp³-hybridized carbons (Fsp3) is 0.292. The van der Waals surface area contributed by atoms with E-state index in [1.165, 1.54) is 10.8 Å². The zero-order chi connectivity index (χ0) is 22.2. The molecule has 0 saturated heterocycles. The Morgan fingerprint density at radius 1 is 1.13 bits per heavy atom. The maximum atomic E-state index is 13.2. The summed E-state index contributed by atoms with van der Waals surface area (Å²) < 4.78 is 6.66. The number of hydrogen-bond acceptors (Lipinski definition) is 6. The lowest BCUT2D eigenvalue weighted by molar-refractivity contribution is -0.131. The second-order valence-corrected chi connectivity index (χ2v) is 8.54. The number of benzene rings is 1. The van der Waals surface area contributed by atoms with Gasteiger partial charge in [0.25, 0.3) is 0 Å². The highest BCUT2D eigenvalue weighted by molar-refractivity contribution is 6.13. The highest BCUT2D eigenvalue weighted by atomic mass is 16.6. The van der Waals surface area contributed by atoms with Gasteiger partial charge in [0.05, 0.1) is 23.0 Å². The highest BCUT2D eigenvalue weighted by Gasteiger charge is 2.36. The van der Waals surface area contributed by atoms with Gasteiger partial charge >= 0.3 is 6.09 Å². The van der Waals surface area contributed by atoms with E-state index in [9.17, 15) is 14.4 Å². The van der Waals surface area contributed by atoms with E-state index in [1.54, 1.807) is 57.4 Å². The van der Waals surface area contributed by atoms with Gasteiger partial charge in [-0.15, -0.1) is 0 Å². The largest absolute Gasteiger partial charge is 0.442 e. The number of allylic oxidation sites excluding steroid dienone is 2. The Morgan fingerprint density at radius 2 is 1.90 bits per heavy atom. The number of nitrogens with zero attached hydrogens (tertiary/aromatic N) is 3. The number of ketones is 2. The van der Waals surface area contributed by atoms with E-state index in [0.717, 1.165) is 5.56 Å². The fourth-order valence-electron chi connectivity index (χ4n) is 3.71. The molecule has 2 aromatic heterocycles. The highest BCUT2D eigenvalue weighted by Crippen LogP contribution is 2.30. The second kappa shape index (κ2) is 7.91. The number of para-hydroxylation sites is 1. The molecule has 0 fully saturated rings. The molecule has 3 aromatic rings. The van der Waals surface area contributed by atoms with Gasteiger partial charge in [-0.25, -0.2) is 4.79 Å². The topological polar surface area (TPSA) is 91.2 Å². The lowest BCUT2D eigenvalue weighted by atomic mass is 9.79. The van der Waals surface area contributed by atoms with E-state index in [0.29, 0.717) is 16.6 Å². The molecule has 7 nitrogen and oxygen atoms in total. The Morgan fingerprint density at radius 3 is 2.61 bits per heavy atom. The van der Waals surface area contributed by atoms with E-state index in [4.69, 9.17) is 4.74 Å². The van der Waals surface area contributed by atoms with Gasteiger partial charge in [0.15, 0.2) is 11.6 Å². The van der Waals surface area contributed by atoms with Crippen molar-refractivity contribution < 1.29 is 19.1 Å². The van der Waals surface area contributed by atoms with Crippen molar-refractivity contribution in [2.75, 3.05) is 0 Å². The average Bonchev–Trinajstić information content (AvgIpc) is 3.09. The molecule has 0 amide bonds. The summed E-state index contributed by atoms with van der Waals surface area (Å²) in [5.74, 6) is -1.87. The van der Waals surface area contributed by atoms with Crippen LogP contribution in [0.15, 0.2) is 60.9 Å². The number of pyridine rings is 1. The Bertz CT molecular complexity index is 1190. The smallest absolute Gasteiger partial charge is 0.435 e. The minimum atomic E-state index is -0.874. The number of fused-ring (bicyclic) bond motifs is 1. The van der Waals surface area contributed by atoms with Gasteiger partial charge in [0, 0.05) is 24.2 Å². The fourth-order valence-corrected chi connectivity index (χ4v) is 3.71. The Labute approximate surface area is 179 Å². The van der Waals surface area contributed by atoms with Crippen molar-refractivity contribution >= 4 is 28.6 Å². The molecule has 2 heterocycles. The molecule has 31 heavy (non-hydrogen) atoms. The third-order valence-electron chi connectivity index (χ3n) is 5.12. The lowest BCUT2D eigenvalue weighted by Crippen LogP contribution is -2.33. The summed E-state index contributed by atoms with van der Waals surface area (Å²) in [5, 5.41) is 5.15. The Hall–Kier alpha value is -3.61. The molecular weight excluding hydrogens is 394 g/mol. The first kappa shape index (κ1) is 20.7. The van der Waals surface area contributed by atoms with Crippen LogP contribution >= 0.6 is 0 Å². The quantitative estimate of drug-likeness (QED) is 0.601. The number of carbonyl (C=O) groups excluding carboxylic acids is 3. The number of carbonyl (C=O) groups is 3. The molecule has 158 valence electrons. The van der Waals surface area contributed by atoms with Crippen LogP contribution in [0.3, 0.4) is 0 Å². The zero-order valence-corrected chi connectivity index (χ0v) is 17.6. The second-order valence-electron chi connectivity index (χ2n) is 8.54. The van der Waals surface area contributed by atoms with Crippen LogP contribution in [0, 0.1) is 5.92 Å². The molecule has 2 unspecified atom stereocenters. The molecule has 0 saturated carbocycles. The number of Topliss-reactive ketones (excluding diaryl/α,β-unsaturated/α-hetero) is 1. The summed E-state index contributed by atoms with van der Waals surface area (Å²) in [4.78, 5) is 42.5. The number of hydrogen-bond donors (Lipinski definition) is 0. The van der Waals surface area contributed by atoms with Crippen LogP contribution in [0.2, 0.25) is 0 Å². The molecule has 0 radical (unpaired) electrons. The Kier molecular flexibility index (Phi) is 5.27. The van der Waals surface area contributed by atoms with Gasteiger partial charge in [-0.05, 0) is 44.5 Å². The predicted octanol–water partition coefficient (Wildman–Crippen LogP) is 3.87. The molecule has 1 aliphatic rings. The first-order valence-electron chi connectivity index (χ1n) is 10.1. The van der Waals surface area contributed by atoms with Crippen molar-refractivity contribution in [3.63, 3.8) is 0 Å².